The van der Waals surface area contributed by atoms with E-state index in [4.69, 9.17) is 10.5 Å². The van der Waals surface area contributed by atoms with Crippen molar-refractivity contribution in [3.8, 4) is 5.75 Å². The average Bonchev–Trinajstić information content (AvgIpc) is 3.21. The molecule has 0 radical (unpaired) electrons. The Morgan fingerprint density at radius 2 is 2.08 bits per heavy atom. The average molecular weight is 374 g/mol. The summed E-state index contributed by atoms with van der Waals surface area (Å²) in [5, 5.41) is 0.0995. The molecule has 1 atom stereocenters. The lowest BCUT2D eigenvalue weighted by molar-refractivity contribution is 0.414. The molecule has 0 fully saturated rings. The van der Waals surface area contributed by atoms with Crippen molar-refractivity contribution in [1.82, 2.24) is 19.5 Å². The molecular formula is C16H18N6O3S. The molecule has 2 aromatic heterocycles. The van der Waals surface area contributed by atoms with Crippen LogP contribution in [0.25, 0.3) is 11.2 Å². The van der Waals surface area contributed by atoms with Gasteiger partial charge in [0.05, 0.1) is 13.7 Å². The van der Waals surface area contributed by atoms with Crippen LogP contribution >= 0.6 is 0 Å². The van der Waals surface area contributed by atoms with Gasteiger partial charge in [-0.2, -0.15) is 4.98 Å². The lowest BCUT2D eigenvalue weighted by atomic mass is 10.2. The molecule has 3 heterocycles. The Balaban J connectivity index is 1.83. The second-order valence-corrected chi connectivity index (χ2v) is 8.32. The molecule has 0 bridgehead atoms. The Hall–Kier alpha value is -2.88. The number of nitrogens with two attached hydrogens (primary N) is 1. The number of nitrogen functional groups attached to an aromatic ring is 1. The number of imidazole rings is 1. The van der Waals surface area contributed by atoms with Gasteiger partial charge in [0.15, 0.2) is 11.5 Å². The zero-order chi connectivity index (χ0) is 18.3. The summed E-state index contributed by atoms with van der Waals surface area (Å²) in [5.74, 6) is 1.24. The van der Waals surface area contributed by atoms with Crippen LogP contribution < -0.4 is 16.2 Å². The number of nitrogens with zero attached hydrogens (tertiary/aromatic N) is 4. The fourth-order valence-electron chi connectivity index (χ4n) is 2.92. The fraction of sp³-hybridized carbons (Fsp3) is 0.312. The topological polar surface area (TPSA) is 128 Å². The minimum absolute atomic E-state index is 0.0976. The van der Waals surface area contributed by atoms with Crippen LogP contribution in [0.1, 0.15) is 12.0 Å². The second-order valence-electron chi connectivity index (χ2n) is 6.01. The normalized spacial score (nSPS) is 19.6. The Morgan fingerprint density at radius 1 is 1.31 bits per heavy atom. The van der Waals surface area contributed by atoms with Crippen molar-refractivity contribution in [3.63, 3.8) is 0 Å². The monoisotopic (exact) mass is 374 g/mol. The van der Waals surface area contributed by atoms with E-state index in [-0.39, 0.29) is 23.2 Å². The molecule has 1 aliphatic rings. The third-order valence-corrected chi connectivity index (χ3v) is 6.49. The first kappa shape index (κ1) is 16.6. The van der Waals surface area contributed by atoms with E-state index >= 15 is 0 Å². The van der Waals surface area contributed by atoms with E-state index in [2.05, 4.69) is 19.3 Å². The van der Waals surface area contributed by atoms with Gasteiger partial charge in [-0.3, -0.25) is 4.57 Å². The fourth-order valence-corrected chi connectivity index (χ4v) is 4.76. The van der Waals surface area contributed by atoms with E-state index in [1.807, 2.05) is 24.3 Å². The molecular weight excluding hydrogens is 356 g/mol. The lowest BCUT2D eigenvalue weighted by Crippen LogP contribution is -2.18. The molecule has 10 heteroatoms. The number of nitrogens with one attached hydrogen (secondary N) is 1. The number of hydrogen-bond acceptors (Lipinski definition) is 7. The predicted molar refractivity (Wildman–Crippen MR) is 97.8 cm³/mol. The standard InChI is InChI=1S/C16H18N6O3S/c1-25-11-5-3-10(4-6-11)9-22-14-12(19-16(22)23)13(17)20-15(21-14)26(24)8-2-7-18-26/h3-6H,2,7-9H2,1H3,(H,19,23)(H2,17,20,21). The number of hydrogen-bond donors (Lipinski definition) is 2. The van der Waals surface area contributed by atoms with Gasteiger partial charge in [-0.1, -0.05) is 12.1 Å². The van der Waals surface area contributed by atoms with E-state index in [0.717, 1.165) is 17.7 Å². The minimum Gasteiger partial charge on any atom is -0.497 e. The third kappa shape index (κ3) is 2.71. The number of H-pyrrole nitrogens is 1. The minimum atomic E-state index is -2.66. The molecule has 0 amide bonds. The van der Waals surface area contributed by atoms with Crippen LogP contribution in [0, 0.1) is 0 Å². The highest BCUT2D eigenvalue weighted by Gasteiger charge is 2.23. The Bertz CT molecular complexity index is 1160. The van der Waals surface area contributed by atoms with Crippen LogP contribution in [0.4, 0.5) is 5.82 Å². The Labute approximate surface area is 149 Å². The zero-order valence-corrected chi connectivity index (χ0v) is 15.0. The van der Waals surface area contributed by atoms with E-state index in [1.165, 1.54) is 4.57 Å². The number of rotatable bonds is 4. The lowest BCUT2D eigenvalue weighted by Gasteiger charge is -2.07. The number of aromatic nitrogens is 4. The van der Waals surface area contributed by atoms with Crippen LogP contribution in [0.5, 0.6) is 5.75 Å². The maximum Gasteiger partial charge on any atom is 0.328 e. The van der Waals surface area contributed by atoms with Gasteiger partial charge in [-0.25, -0.2) is 18.4 Å². The molecule has 3 aromatic rings. The van der Waals surface area contributed by atoms with Crippen LogP contribution in [-0.2, 0) is 16.3 Å². The Kier molecular flexibility index (Phi) is 3.91. The molecule has 0 aliphatic carbocycles. The summed E-state index contributed by atoms with van der Waals surface area (Å²) in [6.07, 6.45) is 0.728. The van der Waals surface area contributed by atoms with Gasteiger partial charge in [0.25, 0.3) is 0 Å². The van der Waals surface area contributed by atoms with Crippen LogP contribution in [0.15, 0.2) is 38.6 Å². The van der Waals surface area contributed by atoms with Crippen LogP contribution in [0.2, 0.25) is 0 Å². The summed E-state index contributed by atoms with van der Waals surface area (Å²) in [5.41, 5.74) is 7.19. The summed E-state index contributed by atoms with van der Waals surface area (Å²) in [6.45, 7) is 0.809. The van der Waals surface area contributed by atoms with Gasteiger partial charge in [0, 0.05) is 12.3 Å². The second kappa shape index (κ2) is 6.13. The van der Waals surface area contributed by atoms with Crippen molar-refractivity contribution >= 4 is 26.7 Å². The van der Waals surface area contributed by atoms with E-state index in [0.29, 0.717) is 23.5 Å². The molecule has 9 nitrogen and oxygen atoms in total. The number of benzene rings is 1. The third-order valence-electron chi connectivity index (χ3n) is 4.29. The highest BCUT2D eigenvalue weighted by molar-refractivity contribution is 7.93. The molecule has 0 spiro atoms. The van der Waals surface area contributed by atoms with Crippen molar-refractivity contribution in [2.75, 3.05) is 25.1 Å². The molecule has 1 unspecified atom stereocenters. The number of anilines is 1. The highest BCUT2D eigenvalue weighted by atomic mass is 32.2. The smallest absolute Gasteiger partial charge is 0.328 e. The molecule has 26 heavy (non-hydrogen) atoms. The van der Waals surface area contributed by atoms with E-state index < -0.39 is 9.73 Å². The number of ether oxygens (including phenoxy) is 1. The number of aromatic amines is 1. The van der Waals surface area contributed by atoms with Crippen molar-refractivity contribution in [2.24, 2.45) is 4.36 Å². The quantitative estimate of drug-likeness (QED) is 0.655. The first-order valence-electron chi connectivity index (χ1n) is 8.10. The van der Waals surface area contributed by atoms with Gasteiger partial charge < -0.3 is 15.5 Å². The molecule has 0 saturated heterocycles. The number of methoxy groups -OCH3 is 1. The summed E-state index contributed by atoms with van der Waals surface area (Å²) in [6, 6.07) is 7.36. The van der Waals surface area contributed by atoms with Gasteiger partial charge in [-0.15, -0.1) is 0 Å². The van der Waals surface area contributed by atoms with Crippen LogP contribution in [0.3, 0.4) is 0 Å². The molecule has 3 N–H and O–H groups in total. The van der Waals surface area contributed by atoms with Gasteiger partial charge in [-0.05, 0) is 24.1 Å². The Morgan fingerprint density at radius 3 is 2.73 bits per heavy atom. The van der Waals surface area contributed by atoms with Gasteiger partial charge in [0.1, 0.15) is 21.0 Å². The van der Waals surface area contributed by atoms with Crippen molar-refractivity contribution in [3.05, 3.63) is 40.3 Å². The molecule has 0 saturated carbocycles. The van der Waals surface area contributed by atoms with Gasteiger partial charge >= 0.3 is 5.69 Å². The first-order valence-corrected chi connectivity index (χ1v) is 9.78. The first-order chi connectivity index (χ1) is 12.5. The molecule has 136 valence electrons. The van der Waals surface area contributed by atoms with Crippen molar-refractivity contribution < 1.29 is 8.95 Å². The molecule has 4 rings (SSSR count). The van der Waals surface area contributed by atoms with Crippen molar-refractivity contribution in [2.45, 2.75) is 18.1 Å². The summed E-state index contributed by atoms with van der Waals surface area (Å²) < 4.78 is 23.6. The number of fused-ring (bicyclic) bond motifs is 1. The van der Waals surface area contributed by atoms with Crippen LogP contribution in [-0.4, -0.2) is 43.1 Å². The van der Waals surface area contributed by atoms with Gasteiger partial charge in [0.2, 0.25) is 5.16 Å². The summed E-state index contributed by atoms with van der Waals surface area (Å²) in [7, 11) is -1.07. The van der Waals surface area contributed by atoms with E-state index in [1.54, 1.807) is 7.11 Å². The summed E-state index contributed by atoms with van der Waals surface area (Å²) >= 11 is 0. The maximum atomic E-state index is 12.9. The van der Waals surface area contributed by atoms with Crippen molar-refractivity contribution in [1.29, 1.82) is 0 Å². The van der Waals surface area contributed by atoms with E-state index in [9.17, 15) is 9.00 Å². The zero-order valence-electron chi connectivity index (χ0n) is 14.1. The maximum absolute atomic E-state index is 12.9. The molecule has 1 aromatic carbocycles. The predicted octanol–water partition coefficient (Wildman–Crippen LogP) is 0.989. The molecule has 1 aliphatic heterocycles. The largest absolute Gasteiger partial charge is 0.497 e. The summed E-state index contributed by atoms with van der Waals surface area (Å²) in [4.78, 5) is 23.6. The highest BCUT2D eigenvalue weighted by Crippen LogP contribution is 2.22. The SMILES string of the molecule is COc1ccc(Cn2c(=O)[nH]c3c(N)nc(S4(=O)=NCCC4)nc32)cc1.